The van der Waals surface area contributed by atoms with Crippen LogP contribution in [0.2, 0.25) is 0 Å². The van der Waals surface area contributed by atoms with Crippen LogP contribution in [0.15, 0.2) is 6.33 Å². The minimum absolute atomic E-state index is 0.266. The van der Waals surface area contributed by atoms with Gasteiger partial charge < -0.3 is 0 Å². The molecule has 0 spiro atoms. The van der Waals surface area contributed by atoms with Crippen LogP contribution in [0.3, 0.4) is 0 Å². The van der Waals surface area contributed by atoms with Gasteiger partial charge in [-0.05, 0) is 19.8 Å². The molecule has 0 amide bonds. The summed E-state index contributed by atoms with van der Waals surface area (Å²) in [5, 5.41) is 8.85. The standard InChI is InChI=1S/C9H8FN3/c1-6-7(10)8(13-5-12-6)9(4-11)2-3-9/h5H,2-3H2,1H3. The molecule has 1 aromatic rings. The van der Waals surface area contributed by atoms with E-state index in [2.05, 4.69) is 16.0 Å². The second-order valence-electron chi connectivity index (χ2n) is 3.32. The van der Waals surface area contributed by atoms with Gasteiger partial charge in [-0.1, -0.05) is 0 Å². The summed E-state index contributed by atoms with van der Waals surface area (Å²) in [7, 11) is 0. The molecule has 1 aromatic heterocycles. The molecule has 0 unspecified atom stereocenters. The Hall–Kier alpha value is -1.50. The van der Waals surface area contributed by atoms with Gasteiger partial charge in [-0.3, -0.25) is 0 Å². The monoisotopic (exact) mass is 177 g/mol. The van der Waals surface area contributed by atoms with Gasteiger partial charge in [-0.2, -0.15) is 5.26 Å². The first kappa shape index (κ1) is 8.11. The van der Waals surface area contributed by atoms with Crippen LogP contribution in [0.5, 0.6) is 0 Å². The van der Waals surface area contributed by atoms with E-state index in [1.807, 2.05) is 0 Å². The summed E-state index contributed by atoms with van der Waals surface area (Å²) < 4.78 is 13.4. The lowest BCUT2D eigenvalue weighted by molar-refractivity contribution is 0.566. The molecule has 1 aliphatic carbocycles. The Morgan fingerprint density at radius 1 is 1.54 bits per heavy atom. The maximum Gasteiger partial charge on any atom is 0.167 e. The molecule has 3 nitrogen and oxygen atoms in total. The Morgan fingerprint density at radius 3 is 2.77 bits per heavy atom. The molecule has 0 atom stereocenters. The zero-order valence-corrected chi connectivity index (χ0v) is 7.21. The Morgan fingerprint density at radius 2 is 2.23 bits per heavy atom. The van der Waals surface area contributed by atoms with E-state index in [1.54, 1.807) is 6.92 Å². The lowest BCUT2D eigenvalue weighted by Crippen LogP contribution is -2.10. The molecule has 13 heavy (non-hydrogen) atoms. The van der Waals surface area contributed by atoms with Crippen molar-refractivity contribution in [2.24, 2.45) is 0 Å². The number of nitriles is 1. The molecule has 0 aliphatic heterocycles. The van der Waals surface area contributed by atoms with Crippen LogP contribution >= 0.6 is 0 Å². The molecule has 1 saturated carbocycles. The molecule has 0 bridgehead atoms. The molecule has 1 aliphatic rings. The summed E-state index contributed by atoms with van der Waals surface area (Å²) in [6, 6.07) is 2.11. The van der Waals surface area contributed by atoms with Crippen molar-refractivity contribution in [2.75, 3.05) is 0 Å². The van der Waals surface area contributed by atoms with Gasteiger partial charge in [0.2, 0.25) is 0 Å². The van der Waals surface area contributed by atoms with E-state index >= 15 is 0 Å². The van der Waals surface area contributed by atoms with E-state index in [1.165, 1.54) is 6.33 Å². The van der Waals surface area contributed by atoms with Gasteiger partial charge in [-0.25, -0.2) is 14.4 Å². The summed E-state index contributed by atoms with van der Waals surface area (Å²) in [5.74, 6) is -0.429. The molecule has 0 radical (unpaired) electrons. The third-order valence-electron chi connectivity index (χ3n) is 2.38. The number of hydrogen-bond acceptors (Lipinski definition) is 3. The van der Waals surface area contributed by atoms with Crippen molar-refractivity contribution < 1.29 is 4.39 Å². The molecule has 0 N–H and O–H groups in total. The largest absolute Gasteiger partial charge is 0.239 e. The normalized spacial score (nSPS) is 17.9. The summed E-state index contributed by atoms with van der Waals surface area (Å²) >= 11 is 0. The SMILES string of the molecule is Cc1ncnc(C2(C#N)CC2)c1F. The Bertz CT molecular complexity index is 390. The fraction of sp³-hybridized carbons (Fsp3) is 0.444. The first-order valence-electron chi connectivity index (χ1n) is 4.08. The molecular formula is C9H8FN3. The highest BCUT2D eigenvalue weighted by atomic mass is 19.1. The van der Waals surface area contributed by atoms with Gasteiger partial charge in [0.1, 0.15) is 11.7 Å². The molecule has 4 heteroatoms. The van der Waals surface area contributed by atoms with Crippen LogP contribution in [0, 0.1) is 24.1 Å². The topological polar surface area (TPSA) is 49.6 Å². The van der Waals surface area contributed by atoms with Gasteiger partial charge in [0.15, 0.2) is 5.82 Å². The third-order valence-corrected chi connectivity index (χ3v) is 2.38. The Labute approximate surface area is 75.2 Å². The maximum absolute atomic E-state index is 13.4. The predicted octanol–water partition coefficient (Wildman–Crippen LogP) is 1.48. The summed E-state index contributed by atoms with van der Waals surface area (Å²) in [4.78, 5) is 7.55. The van der Waals surface area contributed by atoms with Gasteiger partial charge in [0.25, 0.3) is 0 Å². The van der Waals surface area contributed by atoms with Crippen molar-refractivity contribution in [1.29, 1.82) is 5.26 Å². The highest BCUT2D eigenvalue weighted by Gasteiger charge is 2.48. The zero-order chi connectivity index (χ0) is 9.47. The smallest absolute Gasteiger partial charge is 0.167 e. The van der Waals surface area contributed by atoms with Crippen LogP contribution < -0.4 is 0 Å². The minimum atomic E-state index is -0.655. The van der Waals surface area contributed by atoms with Gasteiger partial charge in [-0.15, -0.1) is 0 Å². The van der Waals surface area contributed by atoms with Gasteiger partial charge in [0.05, 0.1) is 17.5 Å². The average Bonchev–Trinajstić information content (AvgIpc) is 2.90. The zero-order valence-electron chi connectivity index (χ0n) is 7.21. The van der Waals surface area contributed by atoms with Crippen molar-refractivity contribution in [3.63, 3.8) is 0 Å². The highest BCUT2D eigenvalue weighted by Crippen LogP contribution is 2.47. The van der Waals surface area contributed by atoms with E-state index in [0.29, 0.717) is 18.5 Å². The van der Waals surface area contributed by atoms with Crippen LogP contribution in [-0.4, -0.2) is 9.97 Å². The molecular weight excluding hydrogens is 169 g/mol. The van der Waals surface area contributed by atoms with Crippen LogP contribution in [0.4, 0.5) is 4.39 Å². The van der Waals surface area contributed by atoms with Crippen molar-refractivity contribution in [3.8, 4) is 6.07 Å². The van der Waals surface area contributed by atoms with E-state index in [-0.39, 0.29) is 5.69 Å². The predicted molar refractivity (Wildman–Crippen MR) is 43.3 cm³/mol. The second kappa shape index (κ2) is 2.49. The number of aromatic nitrogens is 2. The summed E-state index contributed by atoms with van der Waals surface area (Å²) in [6.45, 7) is 1.58. The first-order chi connectivity index (χ1) is 6.19. The number of halogens is 1. The van der Waals surface area contributed by atoms with Crippen molar-refractivity contribution in [1.82, 2.24) is 9.97 Å². The first-order valence-corrected chi connectivity index (χ1v) is 4.08. The summed E-state index contributed by atoms with van der Waals surface area (Å²) in [6.07, 6.45) is 2.72. The Balaban J connectivity index is 2.54. The van der Waals surface area contributed by atoms with Gasteiger partial charge >= 0.3 is 0 Å². The number of rotatable bonds is 1. The second-order valence-corrected chi connectivity index (χ2v) is 3.32. The quantitative estimate of drug-likeness (QED) is 0.652. The molecule has 0 saturated heterocycles. The lowest BCUT2D eigenvalue weighted by atomic mass is 10.0. The van der Waals surface area contributed by atoms with E-state index in [9.17, 15) is 4.39 Å². The number of aryl methyl sites for hydroxylation is 1. The molecule has 0 aromatic carbocycles. The summed E-state index contributed by atoms with van der Waals surface area (Å²) in [5.41, 5.74) is -0.0772. The van der Waals surface area contributed by atoms with E-state index in [4.69, 9.17) is 5.26 Å². The molecule has 1 heterocycles. The molecule has 1 fully saturated rings. The maximum atomic E-state index is 13.4. The minimum Gasteiger partial charge on any atom is -0.239 e. The molecule has 66 valence electrons. The molecule has 2 rings (SSSR count). The van der Waals surface area contributed by atoms with Crippen LogP contribution in [-0.2, 0) is 5.41 Å². The van der Waals surface area contributed by atoms with Crippen molar-refractivity contribution in [3.05, 3.63) is 23.5 Å². The number of nitrogens with zero attached hydrogens (tertiary/aromatic N) is 3. The fourth-order valence-corrected chi connectivity index (χ4v) is 1.32. The van der Waals surface area contributed by atoms with E-state index in [0.717, 1.165) is 0 Å². The highest BCUT2D eigenvalue weighted by molar-refractivity contribution is 5.35. The van der Waals surface area contributed by atoms with E-state index < -0.39 is 11.2 Å². The van der Waals surface area contributed by atoms with Crippen LogP contribution in [0.25, 0.3) is 0 Å². The Kier molecular flexibility index (Phi) is 1.56. The van der Waals surface area contributed by atoms with Crippen molar-refractivity contribution in [2.45, 2.75) is 25.2 Å². The average molecular weight is 177 g/mol. The van der Waals surface area contributed by atoms with Crippen molar-refractivity contribution >= 4 is 0 Å². The fourth-order valence-electron chi connectivity index (χ4n) is 1.32. The third kappa shape index (κ3) is 1.08. The lowest BCUT2D eigenvalue weighted by Gasteiger charge is -2.06. The van der Waals surface area contributed by atoms with Crippen LogP contribution in [0.1, 0.15) is 24.2 Å². The number of hydrogen-bond donors (Lipinski definition) is 0. The van der Waals surface area contributed by atoms with Gasteiger partial charge in [0, 0.05) is 0 Å².